The van der Waals surface area contributed by atoms with Gasteiger partial charge in [-0.2, -0.15) is 4.31 Å². The Kier molecular flexibility index (Phi) is 4.21. The highest BCUT2D eigenvalue weighted by molar-refractivity contribution is 9.11. The molecule has 1 aromatic heterocycles. The molecule has 0 aliphatic heterocycles. The number of rotatable bonds is 4. The van der Waals surface area contributed by atoms with Crippen LogP contribution in [-0.2, 0) is 16.6 Å². The third-order valence-corrected chi connectivity index (χ3v) is 5.88. The summed E-state index contributed by atoms with van der Waals surface area (Å²) in [6.45, 7) is 0.382. The first kappa shape index (κ1) is 13.7. The number of thiophene rings is 1. The first-order valence-corrected chi connectivity index (χ1v) is 8.31. The van der Waals surface area contributed by atoms with Crippen molar-refractivity contribution in [2.75, 3.05) is 7.05 Å². The maximum absolute atomic E-state index is 12.3. The lowest BCUT2D eigenvalue weighted by Gasteiger charge is -2.16. The van der Waals surface area contributed by atoms with E-state index in [1.54, 1.807) is 37.4 Å². The minimum absolute atomic E-state index is 0.322. The van der Waals surface area contributed by atoms with Crippen LogP contribution in [-0.4, -0.2) is 19.8 Å². The van der Waals surface area contributed by atoms with E-state index in [9.17, 15) is 8.42 Å². The van der Waals surface area contributed by atoms with Gasteiger partial charge in [-0.1, -0.05) is 18.2 Å². The standard InChI is InChI=1S/C12H12BrNO2S2/c1-14(9-10-7-8-12(13)17-10)18(15,16)11-5-3-2-4-6-11/h2-8H,9H2,1H3. The van der Waals surface area contributed by atoms with Crippen LogP contribution in [0.25, 0.3) is 0 Å². The summed E-state index contributed by atoms with van der Waals surface area (Å²) in [6.07, 6.45) is 0. The van der Waals surface area contributed by atoms with Crippen molar-refractivity contribution in [3.8, 4) is 0 Å². The lowest BCUT2D eigenvalue weighted by atomic mass is 10.4. The smallest absolute Gasteiger partial charge is 0.207 e. The van der Waals surface area contributed by atoms with E-state index in [1.165, 1.54) is 15.6 Å². The Morgan fingerprint density at radius 1 is 1.17 bits per heavy atom. The number of benzene rings is 1. The highest BCUT2D eigenvalue weighted by Gasteiger charge is 2.20. The molecule has 18 heavy (non-hydrogen) atoms. The van der Waals surface area contributed by atoms with Crippen LogP contribution in [0.15, 0.2) is 51.1 Å². The van der Waals surface area contributed by atoms with Crippen LogP contribution < -0.4 is 0 Å². The van der Waals surface area contributed by atoms with E-state index in [2.05, 4.69) is 15.9 Å². The fourth-order valence-corrected chi connectivity index (χ4v) is 4.30. The zero-order chi connectivity index (χ0) is 13.2. The minimum atomic E-state index is -3.40. The van der Waals surface area contributed by atoms with Crippen LogP contribution in [0, 0.1) is 0 Å². The molecule has 0 bridgehead atoms. The molecular weight excluding hydrogens is 334 g/mol. The van der Waals surface area contributed by atoms with Gasteiger partial charge in [-0.3, -0.25) is 0 Å². The van der Waals surface area contributed by atoms with Crippen molar-refractivity contribution in [3.05, 3.63) is 51.1 Å². The second-order valence-electron chi connectivity index (χ2n) is 3.78. The van der Waals surface area contributed by atoms with Gasteiger partial charge in [0.05, 0.1) is 8.68 Å². The maximum Gasteiger partial charge on any atom is 0.243 e. The fraction of sp³-hybridized carbons (Fsp3) is 0.167. The summed E-state index contributed by atoms with van der Waals surface area (Å²) in [4.78, 5) is 1.33. The Morgan fingerprint density at radius 3 is 2.39 bits per heavy atom. The molecule has 3 nitrogen and oxygen atoms in total. The van der Waals surface area contributed by atoms with Gasteiger partial charge >= 0.3 is 0 Å². The molecule has 0 spiro atoms. The monoisotopic (exact) mass is 345 g/mol. The Bertz CT molecular complexity index is 623. The van der Waals surface area contributed by atoms with Crippen LogP contribution in [0.2, 0.25) is 0 Å². The number of hydrogen-bond acceptors (Lipinski definition) is 3. The highest BCUT2D eigenvalue weighted by Crippen LogP contribution is 2.24. The second kappa shape index (κ2) is 5.52. The zero-order valence-electron chi connectivity index (χ0n) is 9.71. The van der Waals surface area contributed by atoms with Crippen LogP contribution in [0.5, 0.6) is 0 Å². The van der Waals surface area contributed by atoms with Crippen molar-refractivity contribution in [3.63, 3.8) is 0 Å². The first-order chi connectivity index (χ1) is 8.50. The lowest BCUT2D eigenvalue weighted by Crippen LogP contribution is -2.26. The zero-order valence-corrected chi connectivity index (χ0v) is 12.9. The summed E-state index contributed by atoms with van der Waals surface area (Å²) in [6, 6.07) is 12.3. The molecular formula is C12H12BrNO2S2. The van der Waals surface area contributed by atoms with E-state index in [0.29, 0.717) is 11.4 Å². The van der Waals surface area contributed by atoms with Gasteiger partial charge in [0.25, 0.3) is 0 Å². The van der Waals surface area contributed by atoms with Crippen molar-refractivity contribution in [1.29, 1.82) is 0 Å². The molecule has 2 rings (SSSR count). The third-order valence-electron chi connectivity index (χ3n) is 2.46. The molecule has 0 unspecified atom stereocenters. The lowest BCUT2D eigenvalue weighted by molar-refractivity contribution is 0.469. The quantitative estimate of drug-likeness (QED) is 0.852. The molecule has 2 aromatic rings. The van der Waals surface area contributed by atoms with E-state index in [4.69, 9.17) is 0 Å². The largest absolute Gasteiger partial charge is 0.243 e. The van der Waals surface area contributed by atoms with Crippen LogP contribution in [0.4, 0.5) is 0 Å². The predicted molar refractivity (Wildman–Crippen MR) is 77.1 cm³/mol. The summed E-state index contributed by atoms with van der Waals surface area (Å²) in [5, 5.41) is 0. The average molecular weight is 346 g/mol. The van der Waals surface area contributed by atoms with Crippen LogP contribution >= 0.6 is 27.3 Å². The molecule has 0 radical (unpaired) electrons. The molecule has 1 aromatic carbocycles. The Labute approximate surface area is 119 Å². The molecule has 0 atom stereocenters. The van der Waals surface area contributed by atoms with Crippen molar-refractivity contribution in [2.24, 2.45) is 0 Å². The van der Waals surface area contributed by atoms with Gasteiger partial charge in [-0.05, 0) is 40.2 Å². The van der Waals surface area contributed by atoms with Gasteiger partial charge in [0.15, 0.2) is 0 Å². The first-order valence-electron chi connectivity index (χ1n) is 5.26. The Balaban J connectivity index is 2.21. The number of sulfonamides is 1. The van der Waals surface area contributed by atoms with Crippen molar-refractivity contribution < 1.29 is 8.42 Å². The van der Waals surface area contributed by atoms with E-state index >= 15 is 0 Å². The Morgan fingerprint density at radius 2 is 1.83 bits per heavy atom. The van der Waals surface area contributed by atoms with Crippen LogP contribution in [0.3, 0.4) is 0 Å². The number of halogens is 1. The highest BCUT2D eigenvalue weighted by atomic mass is 79.9. The van der Waals surface area contributed by atoms with Gasteiger partial charge < -0.3 is 0 Å². The van der Waals surface area contributed by atoms with Gasteiger partial charge in [0.2, 0.25) is 10.0 Å². The maximum atomic E-state index is 12.3. The molecule has 96 valence electrons. The summed E-state index contributed by atoms with van der Waals surface area (Å²) >= 11 is 4.91. The molecule has 0 saturated carbocycles. The van der Waals surface area contributed by atoms with Gasteiger partial charge in [0, 0.05) is 18.5 Å². The molecule has 0 aliphatic carbocycles. The van der Waals surface area contributed by atoms with Gasteiger partial charge in [-0.15, -0.1) is 11.3 Å². The summed E-state index contributed by atoms with van der Waals surface area (Å²) < 4.78 is 26.9. The number of hydrogen-bond donors (Lipinski definition) is 0. The van der Waals surface area contributed by atoms with E-state index in [-0.39, 0.29) is 0 Å². The molecule has 1 heterocycles. The number of nitrogens with zero attached hydrogens (tertiary/aromatic N) is 1. The third kappa shape index (κ3) is 3.00. The minimum Gasteiger partial charge on any atom is -0.207 e. The molecule has 0 fully saturated rings. The predicted octanol–water partition coefficient (Wildman–Crippen LogP) is 3.33. The molecule has 0 amide bonds. The molecule has 6 heteroatoms. The topological polar surface area (TPSA) is 37.4 Å². The van der Waals surface area contributed by atoms with E-state index in [0.717, 1.165) is 8.66 Å². The fourth-order valence-electron chi connectivity index (χ4n) is 1.51. The SMILES string of the molecule is CN(Cc1ccc(Br)s1)S(=O)(=O)c1ccccc1. The normalized spacial score (nSPS) is 11.9. The molecule has 0 N–H and O–H groups in total. The van der Waals surface area contributed by atoms with Crippen molar-refractivity contribution >= 4 is 37.3 Å². The molecule has 0 aliphatic rings. The Hall–Kier alpha value is -0.690. The van der Waals surface area contributed by atoms with Crippen molar-refractivity contribution in [2.45, 2.75) is 11.4 Å². The van der Waals surface area contributed by atoms with Crippen LogP contribution in [0.1, 0.15) is 4.88 Å². The summed E-state index contributed by atoms with van der Waals surface area (Å²) in [7, 11) is -1.81. The van der Waals surface area contributed by atoms with E-state index < -0.39 is 10.0 Å². The summed E-state index contributed by atoms with van der Waals surface area (Å²) in [5.74, 6) is 0. The summed E-state index contributed by atoms with van der Waals surface area (Å²) in [5.41, 5.74) is 0. The van der Waals surface area contributed by atoms with E-state index in [1.807, 2.05) is 12.1 Å². The average Bonchev–Trinajstić information content (AvgIpc) is 2.76. The second-order valence-corrected chi connectivity index (χ2v) is 8.37. The van der Waals surface area contributed by atoms with Crippen molar-refractivity contribution in [1.82, 2.24) is 4.31 Å². The van der Waals surface area contributed by atoms with Gasteiger partial charge in [0.1, 0.15) is 0 Å². The van der Waals surface area contributed by atoms with Gasteiger partial charge in [-0.25, -0.2) is 8.42 Å². The molecule has 0 saturated heterocycles.